The molecule has 1 aliphatic heterocycles. The number of ketones is 1. The molecule has 0 spiro atoms. The second kappa shape index (κ2) is 8.81. The Hall–Kier alpha value is -2.39. The highest BCUT2D eigenvalue weighted by molar-refractivity contribution is 6.00. The van der Waals surface area contributed by atoms with Crippen LogP contribution in [-0.2, 0) is 11.3 Å². The highest BCUT2D eigenvalue weighted by Gasteiger charge is 2.21. The summed E-state index contributed by atoms with van der Waals surface area (Å²) in [4.78, 5) is 14.7. The van der Waals surface area contributed by atoms with Crippen LogP contribution >= 0.6 is 0 Å². The van der Waals surface area contributed by atoms with Crippen molar-refractivity contribution in [1.29, 1.82) is 0 Å². The number of likely N-dealkylation sites (tertiary alicyclic amines) is 1. The molecule has 3 heteroatoms. The van der Waals surface area contributed by atoms with Gasteiger partial charge in [0.05, 0.1) is 6.61 Å². The van der Waals surface area contributed by atoms with Crippen LogP contribution in [0.25, 0.3) is 6.08 Å². The normalized spacial score (nSPS) is 17.0. The van der Waals surface area contributed by atoms with Gasteiger partial charge in [0, 0.05) is 31.6 Å². The summed E-state index contributed by atoms with van der Waals surface area (Å²) in [5.74, 6) is 1.64. The van der Waals surface area contributed by atoms with Crippen molar-refractivity contribution in [3.8, 4) is 5.75 Å². The molecule has 3 rings (SSSR count). The Morgan fingerprint density at radius 3 is 2.50 bits per heavy atom. The zero-order chi connectivity index (χ0) is 18.4. The highest BCUT2D eigenvalue weighted by Crippen LogP contribution is 2.20. The minimum Gasteiger partial charge on any atom is -0.493 e. The van der Waals surface area contributed by atoms with E-state index in [1.165, 1.54) is 5.56 Å². The van der Waals surface area contributed by atoms with Crippen molar-refractivity contribution in [3.63, 3.8) is 0 Å². The van der Waals surface area contributed by atoms with Gasteiger partial charge in [-0.25, -0.2) is 0 Å². The molecule has 0 unspecified atom stereocenters. The van der Waals surface area contributed by atoms with Gasteiger partial charge < -0.3 is 4.74 Å². The van der Waals surface area contributed by atoms with Gasteiger partial charge in [-0.2, -0.15) is 0 Å². The third kappa shape index (κ3) is 5.30. The molecule has 0 amide bonds. The SMILES string of the molecule is CC(C)COc1ccc(/C=C2\CN(Cc3ccccc3)CCC2=O)cc1. The lowest BCUT2D eigenvalue weighted by atomic mass is 9.99. The van der Waals surface area contributed by atoms with Gasteiger partial charge in [0.2, 0.25) is 0 Å². The average Bonchev–Trinajstić information content (AvgIpc) is 2.65. The van der Waals surface area contributed by atoms with Gasteiger partial charge >= 0.3 is 0 Å². The molecule has 2 aromatic rings. The summed E-state index contributed by atoms with van der Waals surface area (Å²) in [6.07, 6.45) is 2.61. The van der Waals surface area contributed by atoms with E-state index >= 15 is 0 Å². The first-order valence-electron chi connectivity index (χ1n) is 9.33. The van der Waals surface area contributed by atoms with Crippen LogP contribution in [0.5, 0.6) is 5.75 Å². The van der Waals surface area contributed by atoms with Crippen LogP contribution in [0.3, 0.4) is 0 Å². The maximum atomic E-state index is 12.3. The van der Waals surface area contributed by atoms with E-state index in [0.29, 0.717) is 25.5 Å². The topological polar surface area (TPSA) is 29.5 Å². The number of benzene rings is 2. The first-order chi connectivity index (χ1) is 12.6. The lowest BCUT2D eigenvalue weighted by Crippen LogP contribution is -2.35. The van der Waals surface area contributed by atoms with E-state index in [-0.39, 0.29) is 5.78 Å². The number of hydrogen-bond donors (Lipinski definition) is 0. The monoisotopic (exact) mass is 349 g/mol. The minimum atomic E-state index is 0.259. The van der Waals surface area contributed by atoms with Gasteiger partial charge in [-0.3, -0.25) is 9.69 Å². The summed E-state index contributed by atoms with van der Waals surface area (Å²) >= 11 is 0. The van der Waals surface area contributed by atoms with Gasteiger partial charge in [-0.05, 0) is 35.3 Å². The quantitative estimate of drug-likeness (QED) is 0.715. The highest BCUT2D eigenvalue weighted by atomic mass is 16.5. The molecule has 0 bridgehead atoms. The van der Waals surface area contributed by atoms with Crippen molar-refractivity contribution in [1.82, 2.24) is 4.90 Å². The predicted molar refractivity (Wildman–Crippen MR) is 106 cm³/mol. The fourth-order valence-electron chi connectivity index (χ4n) is 3.06. The Labute approximate surface area is 156 Å². The maximum Gasteiger partial charge on any atom is 0.161 e. The molecule has 1 saturated heterocycles. The van der Waals surface area contributed by atoms with Crippen LogP contribution in [0.15, 0.2) is 60.2 Å². The Morgan fingerprint density at radius 2 is 1.81 bits per heavy atom. The fourth-order valence-corrected chi connectivity index (χ4v) is 3.06. The number of nitrogens with zero attached hydrogens (tertiary/aromatic N) is 1. The molecule has 1 heterocycles. The van der Waals surface area contributed by atoms with Crippen LogP contribution in [0, 0.1) is 5.92 Å². The third-order valence-electron chi connectivity index (χ3n) is 4.46. The molecule has 1 aliphatic rings. The number of ether oxygens (including phenoxy) is 1. The lowest BCUT2D eigenvalue weighted by molar-refractivity contribution is -0.117. The number of carbonyl (C=O) groups excluding carboxylic acids is 1. The maximum absolute atomic E-state index is 12.3. The summed E-state index contributed by atoms with van der Waals surface area (Å²) in [5, 5.41) is 0. The number of piperidine rings is 1. The summed E-state index contributed by atoms with van der Waals surface area (Å²) in [5.41, 5.74) is 3.22. The van der Waals surface area contributed by atoms with Crippen LogP contribution in [0.1, 0.15) is 31.4 Å². The van der Waals surface area contributed by atoms with Crippen LogP contribution in [-0.4, -0.2) is 30.4 Å². The molecule has 26 heavy (non-hydrogen) atoms. The number of rotatable bonds is 6. The molecule has 0 aliphatic carbocycles. The van der Waals surface area contributed by atoms with Gasteiger partial charge in [-0.1, -0.05) is 56.3 Å². The Balaban J connectivity index is 1.65. The fraction of sp³-hybridized carbons (Fsp3) is 0.348. The second-order valence-corrected chi connectivity index (χ2v) is 7.31. The zero-order valence-corrected chi connectivity index (χ0v) is 15.7. The van der Waals surface area contributed by atoms with Crippen molar-refractivity contribution in [3.05, 3.63) is 71.3 Å². The van der Waals surface area contributed by atoms with Gasteiger partial charge in [-0.15, -0.1) is 0 Å². The van der Waals surface area contributed by atoms with E-state index in [9.17, 15) is 4.79 Å². The van der Waals surface area contributed by atoms with Gasteiger partial charge in [0.15, 0.2) is 5.78 Å². The van der Waals surface area contributed by atoms with E-state index < -0.39 is 0 Å². The number of Topliss-reactive ketones (excluding diaryl/α,β-unsaturated/α-hetero) is 1. The Morgan fingerprint density at radius 1 is 1.08 bits per heavy atom. The van der Waals surface area contributed by atoms with Crippen molar-refractivity contribution in [2.45, 2.75) is 26.8 Å². The van der Waals surface area contributed by atoms with E-state index in [1.807, 2.05) is 36.4 Å². The van der Waals surface area contributed by atoms with Crippen molar-refractivity contribution < 1.29 is 9.53 Å². The van der Waals surface area contributed by atoms with E-state index in [2.05, 4.69) is 43.0 Å². The molecular weight excluding hydrogens is 322 g/mol. The van der Waals surface area contributed by atoms with Crippen molar-refractivity contribution in [2.75, 3.05) is 19.7 Å². The van der Waals surface area contributed by atoms with Crippen molar-refractivity contribution in [2.24, 2.45) is 5.92 Å². The van der Waals surface area contributed by atoms with Gasteiger partial charge in [0.25, 0.3) is 0 Å². The van der Waals surface area contributed by atoms with E-state index in [0.717, 1.165) is 30.0 Å². The third-order valence-corrected chi connectivity index (χ3v) is 4.46. The largest absolute Gasteiger partial charge is 0.493 e. The van der Waals surface area contributed by atoms with Crippen LogP contribution < -0.4 is 4.74 Å². The first kappa shape index (κ1) is 18.4. The molecule has 0 aromatic heterocycles. The summed E-state index contributed by atoms with van der Waals surface area (Å²) in [6, 6.07) is 18.4. The summed E-state index contributed by atoms with van der Waals surface area (Å²) in [6.45, 7) is 7.40. The second-order valence-electron chi connectivity index (χ2n) is 7.31. The van der Waals surface area contributed by atoms with Crippen molar-refractivity contribution >= 4 is 11.9 Å². The zero-order valence-electron chi connectivity index (χ0n) is 15.7. The first-order valence-corrected chi connectivity index (χ1v) is 9.33. The molecule has 0 saturated carbocycles. The Kier molecular flexibility index (Phi) is 6.24. The molecule has 2 aromatic carbocycles. The molecule has 3 nitrogen and oxygen atoms in total. The molecular formula is C23H27NO2. The molecule has 136 valence electrons. The molecule has 1 fully saturated rings. The molecule has 0 N–H and O–H groups in total. The van der Waals surface area contributed by atoms with Gasteiger partial charge in [0.1, 0.15) is 5.75 Å². The average molecular weight is 349 g/mol. The Bertz CT molecular complexity index is 748. The summed E-state index contributed by atoms with van der Waals surface area (Å²) in [7, 11) is 0. The number of carbonyl (C=O) groups is 1. The van der Waals surface area contributed by atoms with E-state index in [1.54, 1.807) is 0 Å². The molecule has 0 radical (unpaired) electrons. The summed E-state index contributed by atoms with van der Waals surface area (Å²) < 4.78 is 5.72. The minimum absolute atomic E-state index is 0.259. The smallest absolute Gasteiger partial charge is 0.161 e. The molecule has 0 atom stereocenters. The van der Waals surface area contributed by atoms with Crippen LogP contribution in [0.2, 0.25) is 0 Å². The predicted octanol–water partition coefficient (Wildman–Crippen LogP) is 4.58. The lowest BCUT2D eigenvalue weighted by Gasteiger charge is -2.27. The standard InChI is InChI=1S/C23H27NO2/c1-18(2)17-26-22-10-8-19(9-11-22)14-21-16-24(13-12-23(21)25)15-20-6-4-3-5-7-20/h3-11,14,18H,12-13,15-17H2,1-2H3/b21-14+. The number of hydrogen-bond acceptors (Lipinski definition) is 3. The van der Waals surface area contributed by atoms with E-state index in [4.69, 9.17) is 4.74 Å². The van der Waals surface area contributed by atoms with Crippen LogP contribution in [0.4, 0.5) is 0 Å².